The number of pyridine rings is 1. The second-order valence-electron chi connectivity index (χ2n) is 5.52. The lowest BCUT2D eigenvalue weighted by Gasteiger charge is -2.22. The fourth-order valence-corrected chi connectivity index (χ4v) is 3.24. The Bertz CT molecular complexity index is 870. The number of benzene rings is 1. The van der Waals surface area contributed by atoms with Crippen LogP contribution in [0.25, 0.3) is 0 Å². The van der Waals surface area contributed by atoms with Crippen molar-refractivity contribution in [2.24, 2.45) is 0 Å². The third-order valence-electron chi connectivity index (χ3n) is 4.09. The summed E-state index contributed by atoms with van der Waals surface area (Å²) in [6, 6.07) is 15.9. The highest BCUT2D eigenvalue weighted by molar-refractivity contribution is 14.1. The van der Waals surface area contributed by atoms with Crippen molar-refractivity contribution in [1.82, 2.24) is 9.55 Å². The summed E-state index contributed by atoms with van der Waals surface area (Å²) in [5, 5.41) is 0. The van der Waals surface area contributed by atoms with Crippen molar-refractivity contribution >= 4 is 34.2 Å². The standard InChI is InChI=1S/C18H14IN3O/c19-17-8-7-13(10-20-17)18(23)22-12-15-5-3-9-21(15)11-14-4-1-2-6-16(14)22/h1-10H,11-12H2. The molecule has 1 aliphatic rings. The summed E-state index contributed by atoms with van der Waals surface area (Å²) in [6.45, 7) is 1.35. The molecule has 4 rings (SSSR count). The van der Waals surface area contributed by atoms with Crippen molar-refractivity contribution in [3.8, 4) is 0 Å². The lowest BCUT2D eigenvalue weighted by Crippen LogP contribution is -2.30. The molecule has 0 aliphatic carbocycles. The summed E-state index contributed by atoms with van der Waals surface area (Å²) >= 11 is 2.14. The minimum absolute atomic E-state index is 0.0176. The van der Waals surface area contributed by atoms with E-state index < -0.39 is 0 Å². The molecular formula is C18H14IN3O. The van der Waals surface area contributed by atoms with Crippen molar-refractivity contribution in [1.29, 1.82) is 0 Å². The molecule has 0 unspecified atom stereocenters. The van der Waals surface area contributed by atoms with Gasteiger partial charge in [0.1, 0.15) is 3.70 Å². The predicted molar refractivity (Wildman–Crippen MR) is 97.4 cm³/mol. The van der Waals surface area contributed by atoms with E-state index in [-0.39, 0.29) is 5.91 Å². The number of hydrogen-bond acceptors (Lipinski definition) is 2. The topological polar surface area (TPSA) is 38.1 Å². The number of anilines is 1. The Morgan fingerprint density at radius 2 is 1.91 bits per heavy atom. The van der Waals surface area contributed by atoms with Crippen LogP contribution in [0.2, 0.25) is 0 Å². The number of nitrogens with zero attached hydrogens (tertiary/aromatic N) is 3. The average molecular weight is 415 g/mol. The molecule has 1 amide bonds. The lowest BCUT2D eigenvalue weighted by molar-refractivity contribution is 0.0984. The van der Waals surface area contributed by atoms with Crippen LogP contribution in [-0.2, 0) is 13.1 Å². The maximum Gasteiger partial charge on any atom is 0.260 e. The zero-order valence-corrected chi connectivity index (χ0v) is 14.5. The van der Waals surface area contributed by atoms with E-state index in [2.05, 4.69) is 50.5 Å². The molecule has 0 atom stereocenters. The van der Waals surface area contributed by atoms with Gasteiger partial charge < -0.3 is 9.47 Å². The number of rotatable bonds is 1. The molecule has 3 aromatic rings. The van der Waals surface area contributed by atoms with Crippen molar-refractivity contribution in [2.75, 3.05) is 4.90 Å². The van der Waals surface area contributed by atoms with E-state index in [1.165, 1.54) is 0 Å². The molecule has 4 nitrogen and oxygen atoms in total. The maximum atomic E-state index is 13.0. The van der Waals surface area contributed by atoms with Crippen molar-refractivity contribution in [3.63, 3.8) is 0 Å². The van der Waals surface area contributed by atoms with Crippen LogP contribution in [-0.4, -0.2) is 15.5 Å². The molecule has 0 spiro atoms. The largest absolute Gasteiger partial charge is 0.345 e. The van der Waals surface area contributed by atoms with Crippen LogP contribution in [0.4, 0.5) is 5.69 Å². The number of aromatic nitrogens is 2. The third-order valence-corrected chi connectivity index (χ3v) is 4.72. The maximum absolute atomic E-state index is 13.0. The van der Waals surface area contributed by atoms with Crippen molar-refractivity contribution in [3.05, 3.63) is 81.4 Å². The van der Waals surface area contributed by atoms with Crippen LogP contribution >= 0.6 is 22.6 Å². The summed E-state index contributed by atoms with van der Waals surface area (Å²) in [5.41, 5.74) is 3.86. The van der Waals surface area contributed by atoms with E-state index in [0.29, 0.717) is 12.1 Å². The SMILES string of the molecule is O=C(c1ccc(I)nc1)N1Cc2cccn2Cc2ccccc21. The molecule has 0 radical (unpaired) electrons. The van der Waals surface area contributed by atoms with Crippen LogP contribution in [0.3, 0.4) is 0 Å². The number of carbonyl (C=O) groups excluding carboxylic acids is 1. The van der Waals surface area contributed by atoms with Crippen LogP contribution in [0.1, 0.15) is 21.6 Å². The zero-order valence-electron chi connectivity index (χ0n) is 12.3. The smallest absolute Gasteiger partial charge is 0.260 e. The fourth-order valence-electron chi connectivity index (χ4n) is 2.93. The Balaban J connectivity index is 1.80. The Labute approximate surface area is 147 Å². The second-order valence-corrected chi connectivity index (χ2v) is 6.62. The first-order valence-corrected chi connectivity index (χ1v) is 8.45. The molecule has 0 N–H and O–H groups in total. The summed E-state index contributed by atoms with van der Waals surface area (Å²) in [5.74, 6) is -0.0176. The Morgan fingerprint density at radius 3 is 2.74 bits per heavy atom. The summed E-state index contributed by atoms with van der Waals surface area (Å²) in [4.78, 5) is 19.1. The Hall–Kier alpha value is -2.15. The van der Waals surface area contributed by atoms with E-state index in [0.717, 1.165) is 27.2 Å². The van der Waals surface area contributed by atoms with E-state index in [1.807, 2.05) is 41.3 Å². The number of carbonyl (C=O) groups is 1. The van der Waals surface area contributed by atoms with E-state index in [4.69, 9.17) is 0 Å². The number of hydrogen-bond donors (Lipinski definition) is 0. The number of amides is 1. The molecule has 2 aromatic heterocycles. The Morgan fingerprint density at radius 1 is 1.04 bits per heavy atom. The average Bonchev–Trinajstić information content (AvgIpc) is 2.94. The normalized spacial score (nSPS) is 13.2. The molecule has 5 heteroatoms. The molecule has 3 heterocycles. The van der Waals surface area contributed by atoms with Gasteiger partial charge in [-0.3, -0.25) is 4.79 Å². The minimum atomic E-state index is -0.0176. The molecule has 114 valence electrons. The molecule has 0 saturated carbocycles. The van der Waals surface area contributed by atoms with Gasteiger partial charge in [-0.15, -0.1) is 0 Å². The summed E-state index contributed by atoms with van der Waals surface area (Å²) in [7, 11) is 0. The number of halogens is 1. The number of para-hydroxylation sites is 1. The zero-order chi connectivity index (χ0) is 15.8. The first-order chi connectivity index (χ1) is 11.2. The highest BCUT2D eigenvalue weighted by atomic mass is 127. The van der Waals surface area contributed by atoms with Crippen LogP contribution < -0.4 is 4.90 Å². The molecule has 23 heavy (non-hydrogen) atoms. The third kappa shape index (κ3) is 2.65. The highest BCUT2D eigenvalue weighted by Gasteiger charge is 2.24. The van der Waals surface area contributed by atoms with Gasteiger partial charge in [-0.05, 0) is 58.5 Å². The van der Waals surface area contributed by atoms with Gasteiger partial charge in [-0.25, -0.2) is 4.98 Å². The summed E-state index contributed by atoms with van der Waals surface area (Å²) < 4.78 is 3.07. The minimum Gasteiger partial charge on any atom is -0.345 e. The van der Waals surface area contributed by atoms with Gasteiger partial charge in [0.15, 0.2) is 0 Å². The molecule has 0 saturated heterocycles. The molecular weight excluding hydrogens is 401 g/mol. The fraction of sp³-hybridized carbons (Fsp3) is 0.111. The van der Waals surface area contributed by atoms with Crippen molar-refractivity contribution in [2.45, 2.75) is 13.1 Å². The second kappa shape index (κ2) is 5.81. The van der Waals surface area contributed by atoms with Gasteiger partial charge >= 0.3 is 0 Å². The van der Waals surface area contributed by atoms with E-state index >= 15 is 0 Å². The summed E-state index contributed by atoms with van der Waals surface area (Å²) in [6.07, 6.45) is 3.71. The van der Waals surface area contributed by atoms with E-state index in [1.54, 1.807) is 6.20 Å². The predicted octanol–water partition coefficient (Wildman–Crippen LogP) is 3.70. The van der Waals surface area contributed by atoms with Gasteiger partial charge in [0, 0.05) is 30.3 Å². The highest BCUT2D eigenvalue weighted by Crippen LogP contribution is 2.29. The van der Waals surface area contributed by atoms with Gasteiger partial charge in [0.2, 0.25) is 0 Å². The van der Waals surface area contributed by atoms with E-state index in [9.17, 15) is 4.79 Å². The van der Waals surface area contributed by atoms with Crippen LogP contribution in [0.5, 0.6) is 0 Å². The molecule has 0 bridgehead atoms. The van der Waals surface area contributed by atoms with Gasteiger partial charge in [0.25, 0.3) is 5.91 Å². The monoisotopic (exact) mass is 415 g/mol. The number of fused-ring (bicyclic) bond motifs is 2. The first-order valence-electron chi connectivity index (χ1n) is 7.38. The van der Waals surface area contributed by atoms with Crippen LogP contribution in [0.15, 0.2) is 60.9 Å². The van der Waals surface area contributed by atoms with Gasteiger partial charge in [0.05, 0.1) is 12.1 Å². The lowest BCUT2D eigenvalue weighted by atomic mass is 10.1. The molecule has 1 aliphatic heterocycles. The van der Waals surface area contributed by atoms with Crippen molar-refractivity contribution < 1.29 is 4.79 Å². The van der Waals surface area contributed by atoms with Gasteiger partial charge in [-0.1, -0.05) is 18.2 Å². The Kier molecular flexibility index (Phi) is 3.65. The van der Waals surface area contributed by atoms with Gasteiger partial charge in [-0.2, -0.15) is 0 Å². The molecule has 1 aromatic carbocycles. The quantitative estimate of drug-likeness (QED) is 0.449. The first kappa shape index (κ1) is 14.4. The molecule has 0 fully saturated rings. The van der Waals surface area contributed by atoms with Crippen LogP contribution in [0, 0.1) is 3.70 Å².